The van der Waals surface area contributed by atoms with Crippen molar-refractivity contribution in [1.29, 1.82) is 5.26 Å². The van der Waals surface area contributed by atoms with Crippen LogP contribution in [0, 0.1) is 17.1 Å². The van der Waals surface area contributed by atoms with Gasteiger partial charge in [-0.3, -0.25) is 9.59 Å². The molecule has 190 valence electrons. The van der Waals surface area contributed by atoms with Gasteiger partial charge in [-0.2, -0.15) is 5.26 Å². The normalized spacial score (nSPS) is 14.2. The second-order valence-corrected chi connectivity index (χ2v) is 9.33. The van der Waals surface area contributed by atoms with E-state index in [1.807, 2.05) is 36.4 Å². The van der Waals surface area contributed by atoms with E-state index in [1.54, 1.807) is 35.1 Å². The minimum Gasteiger partial charge on any atom is -0.357 e. The van der Waals surface area contributed by atoms with E-state index in [4.69, 9.17) is 5.26 Å². The molecule has 9 heteroatoms. The molecule has 3 aromatic carbocycles. The number of hydrogen-bond acceptors (Lipinski definition) is 5. The van der Waals surface area contributed by atoms with Gasteiger partial charge in [0.05, 0.1) is 34.6 Å². The van der Waals surface area contributed by atoms with Crippen molar-refractivity contribution in [3.8, 4) is 22.9 Å². The number of likely N-dealkylation sites (N-methyl/N-ethyl adjacent to an activating group) is 1. The fraction of sp³-hybridized carbons (Fsp3) is 0.207. The fourth-order valence-electron chi connectivity index (χ4n) is 4.51. The van der Waals surface area contributed by atoms with E-state index in [0.29, 0.717) is 29.7 Å². The highest BCUT2D eigenvalue weighted by molar-refractivity contribution is 5.95. The van der Waals surface area contributed by atoms with Crippen LogP contribution in [0.3, 0.4) is 0 Å². The van der Waals surface area contributed by atoms with Crippen molar-refractivity contribution in [2.24, 2.45) is 0 Å². The minimum atomic E-state index is -0.859. The maximum Gasteiger partial charge on any atom is 0.242 e. The fourth-order valence-corrected chi connectivity index (χ4v) is 4.51. The number of hydrogen-bond donors (Lipinski definition) is 2. The molecule has 2 amide bonds. The molecular formula is C29H25FN6O2. The molecule has 1 aliphatic rings. The molecule has 0 bridgehead atoms. The lowest BCUT2D eigenvalue weighted by Gasteiger charge is -2.21. The number of nitriles is 1. The molecule has 0 aliphatic heterocycles. The second kappa shape index (κ2) is 10.3. The first-order chi connectivity index (χ1) is 18.4. The Kier molecular flexibility index (Phi) is 6.71. The number of aromatic nitrogens is 3. The number of nitrogens with zero attached hydrogens (tertiary/aromatic N) is 4. The predicted molar refractivity (Wildman–Crippen MR) is 139 cm³/mol. The standard InChI is InChI=1S/C29H25FN6O2/c1-32-27(37)26(33-28(38)29(13-14-29)22-3-2-4-23(30)15-22)16-24-18-36(35-34-24)25-11-9-21(10-12-25)20-7-5-19(17-31)6-8-20/h2-12,15,18,26H,13-14,16H2,1H3,(H,32,37)(H,33,38). The average Bonchev–Trinajstić information content (AvgIpc) is 3.64. The molecule has 1 atom stereocenters. The molecule has 1 saturated carbocycles. The zero-order valence-corrected chi connectivity index (χ0v) is 20.7. The maximum atomic E-state index is 13.8. The Hall–Kier alpha value is -4.84. The van der Waals surface area contributed by atoms with Crippen LogP contribution in [0.2, 0.25) is 0 Å². The van der Waals surface area contributed by atoms with Crippen molar-refractivity contribution in [3.05, 3.63) is 102 Å². The predicted octanol–water partition coefficient (Wildman–Crippen LogP) is 3.45. The first kappa shape index (κ1) is 24.8. The summed E-state index contributed by atoms with van der Waals surface area (Å²) in [5, 5.41) is 22.8. The van der Waals surface area contributed by atoms with Crippen LogP contribution in [0.25, 0.3) is 16.8 Å². The Morgan fingerprint density at radius 1 is 1.08 bits per heavy atom. The van der Waals surface area contributed by atoms with Crippen molar-refractivity contribution >= 4 is 11.8 Å². The maximum absolute atomic E-state index is 13.8. The Morgan fingerprint density at radius 3 is 2.37 bits per heavy atom. The molecule has 2 N–H and O–H groups in total. The molecule has 1 heterocycles. The summed E-state index contributed by atoms with van der Waals surface area (Å²) in [4.78, 5) is 25.8. The lowest BCUT2D eigenvalue weighted by molar-refractivity contribution is -0.130. The number of carbonyl (C=O) groups is 2. The highest BCUT2D eigenvalue weighted by Gasteiger charge is 2.52. The quantitative estimate of drug-likeness (QED) is 0.379. The summed E-state index contributed by atoms with van der Waals surface area (Å²) in [5.41, 5.74) is 3.70. The third-order valence-electron chi connectivity index (χ3n) is 6.86. The summed E-state index contributed by atoms with van der Waals surface area (Å²) in [6.45, 7) is 0. The summed E-state index contributed by atoms with van der Waals surface area (Å²) >= 11 is 0. The lowest BCUT2D eigenvalue weighted by Crippen LogP contribution is -2.50. The Morgan fingerprint density at radius 2 is 1.76 bits per heavy atom. The smallest absolute Gasteiger partial charge is 0.242 e. The summed E-state index contributed by atoms with van der Waals surface area (Å²) in [6, 6.07) is 22.3. The van der Waals surface area contributed by atoms with Gasteiger partial charge in [0.15, 0.2) is 0 Å². The average molecular weight is 509 g/mol. The largest absolute Gasteiger partial charge is 0.357 e. The van der Waals surface area contributed by atoms with Crippen LogP contribution in [0.4, 0.5) is 4.39 Å². The number of amides is 2. The van der Waals surface area contributed by atoms with E-state index < -0.39 is 17.3 Å². The number of nitrogens with one attached hydrogen (secondary N) is 2. The summed E-state index contributed by atoms with van der Waals surface area (Å²) < 4.78 is 15.4. The van der Waals surface area contributed by atoms with Crippen molar-refractivity contribution in [1.82, 2.24) is 25.6 Å². The Labute approximate surface area is 219 Å². The summed E-state index contributed by atoms with van der Waals surface area (Å²) in [6.07, 6.45) is 3.06. The minimum absolute atomic E-state index is 0.147. The van der Waals surface area contributed by atoms with Gasteiger partial charge < -0.3 is 10.6 Å². The molecule has 0 spiro atoms. The van der Waals surface area contributed by atoms with E-state index in [1.165, 1.54) is 19.2 Å². The molecule has 1 aliphatic carbocycles. The van der Waals surface area contributed by atoms with Crippen LogP contribution in [0.5, 0.6) is 0 Å². The molecule has 1 aromatic heterocycles. The van der Waals surface area contributed by atoms with Crippen molar-refractivity contribution < 1.29 is 14.0 Å². The number of benzene rings is 3. The van der Waals surface area contributed by atoms with E-state index >= 15 is 0 Å². The molecule has 4 aromatic rings. The molecule has 0 radical (unpaired) electrons. The lowest BCUT2D eigenvalue weighted by atomic mass is 9.94. The Balaban J connectivity index is 1.29. The van der Waals surface area contributed by atoms with Crippen molar-refractivity contribution in [2.75, 3.05) is 7.05 Å². The number of carbonyl (C=O) groups excluding carboxylic acids is 2. The summed E-state index contributed by atoms with van der Waals surface area (Å²) in [7, 11) is 1.51. The van der Waals surface area contributed by atoms with Gasteiger partial charge in [-0.05, 0) is 65.9 Å². The molecule has 1 unspecified atom stereocenters. The topological polar surface area (TPSA) is 113 Å². The third-order valence-corrected chi connectivity index (χ3v) is 6.86. The van der Waals surface area contributed by atoms with Gasteiger partial charge in [0.25, 0.3) is 0 Å². The van der Waals surface area contributed by atoms with Gasteiger partial charge in [-0.25, -0.2) is 9.07 Å². The van der Waals surface area contributed by atoms with Crippen LogP contribution >= 0.6 is 0 Å². The molecule has 38 heavy (non-hydrogen) atoms. The van der Waals surface area contributed by atoms with Crippen LogP contribution in [-0.4, -0.2) is 39.9 Å². The van der Waals surface area contributed by atoms with E-state index in [2.05, 4.69) is 27.0 Å². The summed E-state index contributed by atoms with van der Waals surface area (Å²) in [5.74, 6) is -1.05. The first-order valence-corrected chi connectivity index (χ1v) is 12.2. The molecule has 1 fully saturated rings. The van der Waals surface area contributed by atoms with Crippen molar-refractivity contribution in [2.45, 2.75) is 30.7 Å². The highest BCUT2D eigenvalue weighted by Crippen LogP contribution is 2.48. The monoisotopic (exact) mass is 508 g/mol. The zero-order valence-electron chi connectivity index (χ0n) is 20.7. The molecule has 8 nitrogen and oxygen atoms in total. The van der Waals surface area contributed by atoms with Gasteiger partial charge in [0.1, 0.15) is 11.9 Å². The van der Waals surface area contributed by atoms with Crippen LogP contribution in [-0.2, 0) is 21.4 Å². The molecule has 5 rings (SSSR count). The van der Waals surface area contributed by atoms with Crippen LogP contribution in [0.15, 0.2) is 79.0 Å². The SMILES string of the molecule is CNC(=O)C(Cc1cn(-c2ccc(-c3ccc(C#N)cc3)cc2)nn1)NC(=O)C1(c2cccc(F)c2)CC1. The molecule has 0 saturated heterocycles. The zero-order chi connectivity index (χ0) is 26.7. The van der Waals surface area contributed by atoms with Gasteiger partial charge in [-0.15, -0.1) is 5.10 Å². The van der Waals surface area contributed by atoms with Gasteiger partial charge >= 0.3 is 0 Å². The van der Waals surface area contributed by atoms with Crippen LogP contribution in [0.1, 0.15) is 29.7 Å². The highest BCUT2D eigenvalue weighted by atomic mass is 19.1. The number of halogens is 1. The van der Waals surface area contributed by atoms with E-state index in [9.17, 15) is 14.0 Å². The first-order valence-electron chi connectivity index (χ1n) is 12.2. The van der Waals surface area contributed by atoms with Gasteiger partial charge in [-0.1, -0.05) is 41.6 Å². The number of rotatable bonds is 8. The molecular weight excluding hydrogens is 483 g/mol. The van der Waals surface area contributed by atoms with Gasteiger partial charge in [0, 0.05) is 13.5 Å². The van der Waals surface area contributed by atoms with Gasteiger partial charge in [0.2, 0.25) is 11.8 Å². The van der Waals surface area contributed by atoms with E-state index in [0.717, 1.165) is 16.8 Å². The third kappa shape index (κ3) is 5.02. The van der Waals surface area contributed by atoms with Crippen LogP contribution < -0.4 is 10.6 Å². The van der Waals surface area contributed by atoms with Crippen molar-refractivity contribution in [3.63, 3.8) is 0 Å². The second-order valence-electron chi connectivity index (χ2n) is 9.33. The van der Waals surface area contributed by atoms with E-state index in [-0.39, 0.29) is 18.2 Å². The Bertz CT molecular complexity index is 1520.